The lowest BCUT2D eigenvalue weighted by Crippen LogP contribution is -2.54. The van der Waals surface area contributed by atoms with Crippen molar-refractivity contribution in [2.24, 2.45) is 0 Å². The zero-order valence-corrected chi connectivity index (χ0v) is 14.7. The Morgan fingerprint density at radius 2 is 1.96 bits per heavy atom. The zero-order valence-electron chi connectivity index (χ0n) is 14.7. The molecule has 0 aromatic heterocycles. The van der Waals surface area contributed by atoms with Gasteiger partial charge in [-0.15, -0.1) is 0 Å². The molecule has 1 aromatic carbocycles. The number of carbonyl (C=O) groups excluding carboxylic acids is 1. The number of hydrogen-bond donors (Lipinski definition) is 0. The smallest absolute Gasteiger partial charge is 0.410 e. The van der Waals surface area contributed by atoms with Crippen LogP contribution in [0.3, 0.4) is 0 Å². The van der Waals surface area contributed by atoms with Crippen LogP contribution >= 0.6 is 0 Å². The number of piperazine rings is 1. The number of benzene rings is 1. The zero-order chi connectivity index (χ0) is 16.9. The summed E-state index contributed by atoms with van der Waals surface area (Å²) in [5, 5.41) is 0. The summed E-state index contributed by atoms with van der Waals surface area (Å²) in [6.45, 7) is 11.2. The highest BCUT2D eigenvalue weighted by Gasteiger charge is 2.30. The van der Waals surface area contributed by atoms with Crippen LogP contribution in [-0.4, -0.2) is 53.7 Å². The summed E-state index contributed by atoms with van der Waals surface area (Å²) in [7, 11) is 0. The molecule has 1 saturated heterocycles. The minimum Gasteiger partial charge on any atom is -0.444 e. The van der Waals surface area contributed by atoms with E-state index < -0.39 is 5.60 Å². The van der Waals surface area contributed by atoms with Crippen LogP contribution in [0.25, 0.3) is 6.08 Å². The molecule has 1 fully saturated rings. The fourth-order valence-electron chi connectivity index (χ4n) is 2.69. The van der Waals surface area contributed by atoms with Crippen LogP contribution in [0.1, 0.15) is 33.3 Å². The molecule has 0 bridgehead atoms. The molecule has 0 aliphatic carbocycles. The Balaban J connectivity index is 1.82. The van der Waals surface area contributed by atoms with E-state index in [0.717, 1.165) is 26.2 Å². The van der Waals surface area contributed by atoms with Gasteiger partial charge in [-0.2, -0.15) is 0 Å². The van der Waals surface area contributed by atoms with Crippen molar-refractivity contribution in [2.45, 2.75) is 39.3 Å². The van der Waals surface area contributed by atoms with Gasteiger partial charge in [-0.25, -0.2) is 4.79 Å². The van der Waals surface area contributed by atoms with Crippen LogP contribution in [0.15, 0.2) is 36.4 Å². The molecule has 23 heavy (non-hydrogen) atoms. The molecule has 0 radical (unpaired) electrons. The fraction of sp³-hybridized carbons (Fsp3) is 0.526. The minimum atomic E-state index is -0.438. The van der Waals surface area contributed by atoms with E-state index in [9.17, 15) is 4.79 Å². The standard InChI is InChI=1S/C19H28N2O2/c1-16-15-20(12-8-11-17-9-6-5-7-10-17)13-14-21(16)18(22)23-19(2,3)4/h5-11,16H,12-15H2,1-4H3/b11-8+. The molecule has 1 aliphatic rings. The number of ether oxygens (including phenoxy) is 1. The van der Waals surface area contributed by atoms with Gasteiger partial charge in [0.25, 0.3) is 0 Å². The number of carbonyl (C=O) groups is 1. The highest BCUT2D eigenvalue weighted by molar-refractivity contribution is 5.68. The van der Waals surface area contributed by atoms with E-state index >= 15 is 0 Å². The molecule has 1 unspecified atom stereocenters. The molecule has 1 atom stereocenters. The third-order valence-corrected chi connectivity index (χ3v) is 3.81. The first-order valence-corrected chi connectivity index (χ1v) is 8.29. The highest BCUT2D eigenvalue weighted by atomic mass is 16.6. The summed E-state index contributed by atoms with van der Waals surface area (Å²) in [4.78, 5) is 16.4. The van der Waals surface area contributed by atoms with Crippen molar-refractivity contribution >= 4 is 12.2 Å². The van der Waals surface area contributed by atoms with Gasteiger partial charge in [0.2, 0.25) is 0 Å². The molecule has 2 rings (SSSR count). The lowest BCUT2D eigenvalue weighted by atomic mass is 10.1. The lowest BCUT2D eigenvalue weighted by molar-refractivity contribution is 0.00279. The maximum Gasteiger partial charge on any atom is 0.410 e. The first kappa shape index (κ1) is 17.5. The number of rotatable bonds is 3. The van der Waals surface area contributed by atoms with Gasteiger partial charge >= 0.3 is 6.09 Å². The molecular weight excluding hydrogens is 288 g/mol. The van der Waals surface area contributed by atoms with Gasteiger partial charge in [-0.1, -0.05) is 42.5 Å². The van der Waals surface area contributed by atoms with Gasteiger partial charge < -0.3 is 9.64 Å². The van der Waals surface area contributed by atoms with Crippen molar-refractivity contribution < 1.29 is 9.53 Å². The van der Waals surface area contributed by atoms with Gasteiger partial charge in [0, 0.05) is 32.2 Å². The summed E-state index contributed by atoms with van der Waals surface area (Å²) in [5.74, 6) is 0. The van der Waals surface area contributed by atoms with E-state index in [4.69, 9.17) is 4.74 Å². The van der Waals surface area contributed by atoms with E-state index in [1.54, 1.807) is 0 Å². The SMILES string of the molecule is CC1CN(C/C=C/c2ccccc2)CCN1C(=O)OC(C)(C)C. The van der Waals surface area contributed by atoms with Crippen molar-refractivity contribution in [2.75, 3.05) is 26.2 Å². The van der Waals surface area contributed by atoms with Crippen molar-refractivity contribution in [1.29, 1.82) is 0 Å². The maximum absolute atomic E-state index is 12.2. The van der Waals surface area contributed by atoms with E-state index in [1.165, 1.54) is 5.56 Å². The Morgan fingerprint density at radius 1 is 1.26 bits per heavy atom. The maximum atomic E-state index is 12.2. The molecule has 126 valence electrons. The normalized spacial score (nSPS) is 20.0. The largest absolute Gasteiger partial charge is 0.444 e. The monoisotopic (exact) mass is 316 g/mol. The topological polar surface area (TPSA) is 32.8 Å². The number of amides is 1. The van der Waals surface area contributed by atoms with Crippen molar-refractivity contribution in [3.63, 3.8) is 0 Å². The second kappa shape index (κ2) is 7.64. The Bertz CT molecular complexity index is 534. The Kier molecular flexibility index (Phi) is 5.83. The molecule has 0 saturated carbocycles. The predicted molar refractivity (Wildman–Crippen MR) is 94.3 cm³/mol. The van der Waals surface area contributed by atoms with Crippen LogP contribution in [0.4, 0.5) is 4.79 Å². The second-order valence-corrected chi connectivity index (χ2v) is 7.10. The summed E-state index contributed by atoms with van der Waals surface area (Å²) < 4.78 is 5.48. The fourth-order valence-corrected chi connectivity index (χ4v) is 2.69. The minimum absolute atomic E-state index is 0.170. The van der Waals surface area contributed by atoms with E-state index in [-0.39, 0.29) is 12.1 Å². The van der Waals surface area contributed by atoms with Crippen LogP contribution in [0, 0.1) is 0 Å². The quantitative estimate of drug-likeness (QED) is 0.853. The summed E-state index contributed by atoms with van der Waals surface area (Å²) in [6.07, 6.45) is 4.13. The average molecular weight is 316 g/mol. The molecule has 0 N–H and O–H groups in total. The highest BCUT2D eigenvalue weighted by Crippen LogP contribution is 2.15. The molecule has 4 nitrogen and oxygen atoms in total. The number of hydrogen-bond acceptors (Lipinski definition) is 3. The third kappa shape index (κ3) is 5.71. The second-order valence-electron chi connectivity index (χ2n) is 7.10. The van der Waals surface area contributed by atoms with Crippen molar-refractivity contribution in [1.82, 2.24) is 9.80 Å². The van der Waals surface area contributed by atoms with Gasteiger partial charge in [-0.05, 0) is 33.3 Å². The molecule has 0 spiro atoms. The Labute approximate surface area is 139 Å². The van der Waals surface area contributed by atoms with E-state index in [1.807, 2.05) is 43.9 Å². The predicted octanol–water partition coefficient (Wildman–Crippen LogP) is 3.64. The average Bonchev–Trinajstić information content (AvgIpc) is 2.46. The molecule has 1 heterocycles. The van der Waals surface area contributed by atoms with Crippen LogP contribution in [-0.2, 0) is 4.74 Å². The van der Waals surface area contributed by atoms with Crippen LogP contribution < -0.4 is 0 Å². The van der Waals surface area contributed by atoms with E-state index in [2.05, 4.69) is 36.1 Å². The molecule has 1 amide bonds. The van der Waals surface area contributed by atoms with Gasteiger partial charge in [0.15, 0.2) is 0 Å². The molecular formula is C19H28N2O2. The first-order chi connectivity index (χ1) is 10.8. The van der Waals surface area contributed by atoms with Crippen LogP contribution in [0.5, 0.6) is 0 Å². The molecule has 4 heteroatoms. The molecule has 1 aromatic rings. The lowest BCUT2D eigenvalue weighted by Gasteiger charge is -2.39. The van der Waals surface area contributed by atoms with Crippen molar-refractivity contribution in [3.8, 4) is 0 Å². The Hall–Kier alpha value is -1.81. The first-order valence-electron chi connectivity index (χ1n) is 8.29. The molecule has 1 aliphatic heterocycles. The number of nitrogens with zero attached hydrogens (tertiary/aromatic N) is 2. The van der Waals surface area contributed by atoms with Gasteiger partial charge in [0.1, 0.15) is 5.60 Å². The van der Waals surface area contributed by atoms with Crippen LogP contribution in [0.2, 0.25) is 0 Å². The Morgan fingerprint density at radius 3 is 2.57 bits per heavy atom. The van der Waals surface area contributed by atoms with Crippen molar-refractivity contribution in [3.05, 3.63) is 42.0 Å². The van der Waals surface area contributed by atoms with E-state index in [0.29, 0.717) is 0 Å². The third-order valence-electron chi connectivity index (χ3n) is 3.81. The summed E-state index contributed by atoms with van der Waals surface area (Å²) >= 11 is 0. The van der Waals surface area contributed by atoms with Gasteiger partial charge in [-0.3, -0.25) is 4.90 Å². The summed E-state index contributed by atoms with van der Waals surface area (Å²) in [5.41, 5.74) is 0.778. The summed E-state index contributed by atoms with van der Waals surface area (Å²) in [6, 6.07) is 10.5. The van der Waals surface area contributed by atoms with Gasteiger partial charge in [0.05, 0.1) is 0 Å².